The van der Waals surface area contributed by atoms with Gasteiger partial charge in [0.15, 0.2) is 0 Å². The van der Waals surface area contributed by atoms with Gasteiger partial charge in [-0.05, 0) is 54.8 Å². The zero-order valence-electron chi connectivity index (χ0n) is 16.0. The number of thioether (sulfide) groups is 1. The molecule has 0 aliphatic carbocycles. The molecule has 2 aromatic rings. The van der Waals surface area contributed by atoms with E-state index in [1.165, 1.54) is 5.56 Å². The Balaban J connectivity index is 1.52. The minimum atomic E-state index is -0.297. The van der Waals surface area contributed by atoms with Crippen molar-refractivity contribution in [1.82, 2.24) is 4.90 Å². The predicted molar refractivity (Wildman–Crippen MR) is 115 cm³/mol. The summed E-state index contributed by atoms with van der Waals surface area (Å²) in [5.74, 6) is 0.682. The lowest BCUT2D eigenvalue weighted by Crippen LogP contribution is -2.37. The Bertz CT molecular complexity index is 933. The summed E-state index contributed by atoms with van der Waals surface area (Å²) in [6.07, 6.45) is 0.273. The molecule has 0 spiro atoms. The number of aryl methyl sites for hydroxylation is 2. The van der Waals surface area contributed by atoms with Crippen molar-refractivity contribution in [3.05, 3.63) is 64.2 Å². The molecule has 2 heterocycles. The van der Waals surface area contributed by atoms with Crippen LogP contribution in [0.15, 0.2) is 42.5 Å². The van der Waals surface area contributed by atoms with Crippen LogP contribution in [-0.4, -0.2) is 35.6 Å². The molecular weight excluding hydrogens is 392 g/mol. The van der Waals surface area contributed by atoms with Crippen LogP contribution >= 0.6 is 23.4 Å². The Morgan fingerprint density at radius 2 is 1.96 bits per heavy atom. The van der Waals surface area contributed by atoms with Crippen molar-refractivity contribution >= 4 is 40.9 Å². The molecule has 2 saturated heterocycles. The van der Waals surface area contributed by atoms with E-state index >= 15 is 0 Å². The van der Waals surface area contributed by atoms with Crippen molar-refractivity contribution in [2.75, 3.05) is 23.7 Å². The minimum Gasteiger partial charge on any atom is -0.325 e. The molecule has 4 rings (SSSR count). The molecule has 146 valence electrons. The number of nitrogens with zero attached hydrogens (tertiary/aromatic N) is 2. The highest BCUT2D eigenvalue weighted by Gasteiger charge is 2.41. The van der Waals surface area contributed by atoms with E-state index in [1.807, 2.05) is 54.3 Å². The summed E-state index contributed by atoms with van der Waals surface area (Å²) in [7, 11) is 0. The average molecular weight is 415 g/mol. The fourth-order valence-corrected chi connectivity index (χ4v) is 5.33. The fourth-order valence-electron chi connectivity index (χ4n) is 3.88. The molecule has 0 aromatic heterocycles. The number of anilines is 1. The van der Waals surface area contributed by atoms with Gasteiger partial charge in [-0.1, -0.05) is 29.8 Å². The van der Waals surface area contributed by atoms with Crippen LogP contribution in [-0.2, 0) is 9.59 Å². The Kier molecular flexibility index (Phi) is 5.39. The van der Waals surface area contributed by atoms with Crippen LogP contribution < -0.4 is 4.90 Å². The first-order valence-electron chi connectivity index (χ1n) is 9.49. The molecule has 0 saturated carbocycles. The maximum absolute atomic E-state index is 13.3. The van der Waals surface area contributed by atoms with Crippen molar-refractivity contribution in [3.63, 3.8) is 0 Å². The quantitative estimate of drug-likeness (QED) is 0.737. The van der Waals surface area contributed by atoms with Crippen LogP contribution in [0.3, 0.4) is 0 Å². The number of carbonyl (C=O) groups is 2. The van der Waals surface area contributed by atoms with Gasteiger partial charge >= 0.3 is 0 Å². The maximum atomic E-state index is 13.3. The van der Waals surface area contributed by atoms with Gasteiger partial charge in [0.2, 0.25) is 11.8 Å². The van der Waals surface area contributed by atoms with Gasteiger partial charge in [0, 0.05) is 36.0 Å². The van der Waals surface area contributed by atoms with Gasteiger partial charge in [0.05, 0.1) is 5.92 Å². The predicted octanol–water partition coefficient (Wildman–Crippen LogP) is 4.58. The van der Waals surface area contributed by atoms with Crippen LogP contribution in [0.5, 0.6) is 0 Å². The van der Waals surface area contributed by atoms with E-state index < -0.39 is 0 Å². The Morgan fingerprint density at radius 3 is 2.71 bits per heavy atom. The van der Waals surface area contributed by atoms with Crippen molar-refractivity contribution < 1.29 is 9.59 Å². The molecule has 6 heteroatoms. The van der Waals surface area contributed by atoms with E-state index in [1.54, 1.807) is 16.7 Å². The second kappa shape index (κ2) is 7.80. The summed E-state index contributed by atoms with van der Waals surface area (Å²) >= 11 is 7.89. The van der Waals surface area contributed by atoms with Crippen molar-refractivity contribution in [2.45, 2.75) is 25.6 Å². The normalized spacial score (nSPS) is 22.2. The van der Waals surface area contributed by atoms with Crippen molar-refractivity contribution in [1.29, 1.82) is 0 Å². The molecule has 2 aromatic carbocycles. The van der Waals surface area contributed by atoms with E-state index in [2.05, 4.69) is 6.92 Å². The monoisotopic (exact) mass is 414 g/mol. The third-order valence-electron chi connectivity index (χ3n) is 5.58. The van der Waals surface area contributed by atoms with Gasteiger partial charge in [0.1, 0.15) is 5.37 Å². The van der Waals surface area contributed by atoms with Crippen LogP contribution in [0.2, 0.25) is 5.02 Å². The molecule has 2 unspecified atom stereocenters. The maximum Gasteiger partial charge on any atom is 0.229 e. The van der Waals surface area contributed by atoms with Gasteiger partial charge < -0.3 is 9.80 Å². The lowest BCUT2D eigenvalue weighted by Gasteiger charge is -2.27. The van der Waals surface area contributed by atoms with Gasteiger partial charge in [-0.25, -0.2) is 0 Å². The molecule has 28 heavy (non-hydrogen) atoms. The summed E-state index contributed by atoms with van der Waals surface area (Å²) in [6, 6.07) is 13.7. The lowest BCUT2D eigenvalue weighted by molar-refractivity contribution is -0.136. The summed E-state index contributed by atoms with van der Waals surface area (Å²) in [5, 5.41) is 0.645. The molecule has 0 N–H and O–H groups in total. The number of hydrogen-bond acceptors (Lipinski definition) is 3. The molecule has 2 fully saturated rings. The highest BCUT2D eigenvalue weighted by molar-refractivity contribution is 7.99. The van der Waals surface area contributed by atoms with E-state index in [0.717, 1.165) is 22.6 Å². The zero-order valence-corrected chi connectivity index (χ0v) is 17.6. The fraction of sp³-hybridized carbons (Fsp3) is 0.364. The first kappa shape index (κ1) is 19.3. The molecule has 0 bridgehead atoms. The number of rotatable bonds is 3. The first-order valence-corrected chi connectivity index (χ1v) is 10.9. The summed E-state index contributed by atoms with van der Waals surface area (Å²) in [6.45, 7) is 5.25. The number of hydrogen-bond donors (Lipinski definition) is 0. The summed E-state index contributed by atoms with van der Waals surface area (Å²) in [4.78, 5) is 29.6. The number of amides is 2. The number of benzene rings is 2. The smallest absolute Gasteiger partial charge is 0.229 e. The van der Waals surface area contributed by atoms with Crippen molar-refractivity contribution in [2.24, 2.45) is 5.92 Å². The van der Waals surface area contributed by atoms with E-state index in [4.69, 9.17) is 11.6 Å². The average Bonchev–Trinajstić information content (AvgIpc) is 3.30. The SMILES string of the molecule is Cc1ccc(N2CC(C(=O)N3CCSC3c3cccc(Cl)c3)CC2=O)cc1C. The molecule has 2 amide bonds. The largest absolute Gasteiger partial charge is 0.325 e. The van der Waals surface area contributed by atoms with Crippen LogP contribution in [0.4, 0.5) is 5.69 Å². The topological polar surface area (TPSA) is 40.6 Å². The third-order valence-corrected chi connectivity index (χ3v) is 7.08. The molecule has 2 atom stereocenters. The lowest BCUT2D eigenvalue weighted by atomic mass is 10.1. The van der Waals surface area contributed by atoms with Crippen molar-refractivity contribution in [3.8, 4) is 0 Å². The highest BCUT2D eigenvalue weighted by atomic mass is 35.5. The summed E-state index contributed by atoms with van der Waals surface area (Å²) in [5.41, 5.74) is 4.27. The van der Waals surface area contributed by atoms with Crippen LogP contribution in [0.25, 0.3) is 0 Å². The highest BCUT2D eigenvalue weighted by Crippen LogP contribution is 2.40. The zero-order chi connectivity index (χ0) is 19.8. The van der Waals surface area contributed by atoms with Crippen LogP contribution in [0, 0.1) is 19.8 Å². The Hall–Kier alpha value is -1.98. The molecule has 2 aliphatic heterocycles. The van der Waals surface area contributed by atoms with E-state index in [9.17, 15) is 9.59 Å². The molecule has 2 aliphatic rings. The summed E-state index contributed by atoms with van der Waals surface area (Å²) < 4.78 is 0. The first-order chi connectivity index (χ1) is 13.4. The molecular formula is C22H23ClN2O2S. The van der Waals surface area contributed by atoms with Gasteiger partial charge in [0.25, 0.3) is 0 Å². The molecule has 4 nitrogen and oxygen atoms in total. The Labute approximate surface area is 174 Å². The number of halogens is 1. The second-order valence-electron chi connectivity index (χ2n) is 7.48. The van der Waals surface area contributed by atoms with E-state index in [-0.39, 0.29) is 29.5 Å². The second-order valence-corrected chi connectivity index (χ2v) is 9.11. The van der Waals surface area contributed by atoms with Gasteiger partial charge in [-0.3, -0.25) is 9.59 Å². The number of carbonyl (C=O) groups excluding carboxylic acids is 2. The van der Waals surface area contributed by atoms with Gasteiger partial charge in [-0.15, -0.1) is 11.8 Å². The molecule has 0 radical (unpaired) electrons. The van der Waals surface area contributed by atoms with Gasteiger partial charge in [-0.2, -0.15) is 0 Å². The van der Waals surface area contributed by atoms with Crippen LogP contribution in [0.1, 0.15) is 28.5 Å². The Morgan fingerprint density at radius 1 is 1.14 bits per heavy atom. The third kappa shape index (κ3) is 3.65. The minimum absolute atomic E-state index is 0.0211. The standard InChI is InChI=1S/C22H23ClN2O2S/c1-14-6-7-19(10-15(14)2)25-13-17(12-20(25)26)21(27)24-8-9-28-22(24)16-4-3-5-18(23)11-16/h3-7,10-11,17,22H,8-9,12-13H2,1-2H3. The van der Waals surface area contributed by atoms with E-state index in [0.29, 0.717) is 18.1 Å².